The molecule has 3 rings (SSSR count). The molecule has 8 nitrogen and oxygen atoms in total. The minimum absolute atomic E-state index is 0.0311. The van der Waals surface area contributed by atoms with Gasteiger partial charge in [-0.2, -0.15) is 0 Å². The predicted molar refractivity (Wildman–Crippen MR) is 113 cm³/mol. The number of nitrogens with two attached hydrogens (primary N) is 2. The summed E-state index contributed by atoms with van der Waals surface area (Å²) < 4.78 is 49.4. The number of carbonyl (C=O) groups excluding carboxylic acids is 2. The van der Waals surface area contributed by atoms with Crippen molar-refractivity contribution in [3.63, 3.8) is 0 Å². The number of halogens is 2. The number of carbonyl (C=O) groups is 2. The first kappa shape index (κ1) is 23.8. The summed E-state index contributed by atoms with van der Waals surface area (Å²) in [7, 11) is -3.92. The molecule has 1 aliphatic heterocycles. The van der Waals surface area contributed by atoms with Crippen molar-refractivity contribution in [2.75, 3.05) is 26.2 Å². The van der Waals surface area contributed by atoms with Crippen LogP contribution in [0.5, 0.6) is 0 Å². The van der Waals surface area contributed by atoms with Crippen LogP contribution in [0.3, 0.4) is 0 Å². The predicted octanol–water partition coefficient (Wildman–Crippen LogP) is 0.857. The molecule has 1 saturated heterocycles. The number of primary sulfonamides is 1. The Balaban J connectivity index is 1.53. The molecule has 0 spiro atoms. The zero-order chi connectivity index (χ0) is 23.5. The van der Waals surface area contributed by atoms with E-state index in [9.17, 15) is 26.8 Å². The average molecular weight is 467 g/mol. The lowest BCUT2D eigenvalue weighted by molar-refractivity contribution is -0.133. The van der Waals surface area contributed by atoms with E-state index in [1.54, 1.807) is 4.90 Å². The van der Waals surface area contributed by atoms with E-state index in [4.69, 9.17) is 10.9 Å². The van der Waals surface area contributed by atoms with Gasteiger partial charge >= 0.3 is 0 Å². The minimum Gasteiger partial charge on any atom is -0.339 e. The Kier molecular flexibility index (Phi) is 7.22. The van der Waals surface area contributed by atoms with Gasteiger partial charge in [0, 0.05) is 44.2 Å². The number of amides is 2. The average Bonchev–Trinajstić information content (AvgIpc) is 2.75. The highest BCUT2D eigenvalue weighted by atomic mass is 32.2. The Bertz CT molecular complexity index is 1120. The highest BCUT2D eigenvalue weighted by Gasteiger charge is 2.26. The normalized spacial score (nSPS) is 15.5. The second-order valence-corrected chi connectivity index (χ2v) is 9.22. The Morgan fingerprint density at radius 2 is 1.62 bits per heavy atom. The summed E-state index contributed by atoms with van der Waals surface area (Å²) in [5, 5.41) is 5.12. The van der Waals surface area contributed by atoms with Gasteiger partial charge in [0.15, 0.2) is 11.6 Å². The maximum atomic E-state index is 13.3. The molecule has 4 N–H and O–H groups in total. The molecule has 2 amide bonds. The van der Waals surface area contributed by atoms with E-state index in [1.807, 2.05) is 0 Å². The molecule has 2 aromatic rings. The van der Waals surface area contributed by atoms with E-state index in [-0.39, 0.29) is 48.2 Å². The number of hydrogen-bond donors (Lipinski definition) is 2. The molecule has 1 aliphatic rings. The van der Waals surface area contributed by atoms with Crippen molar-refractivity contribution in [3.8, 4) is 0 Å². The summed E-state index contributed by atoms with van der Waals surface area (Å²) in [6.45, 7) is 1.17. The van der Waals surface area contributed by atoms with Gasteiger partial charge in [0.25, 0.3) is 5.91 Å². The first-order valence-corrected chi connectivity index (χ1v) is 11.5. The van der Waals surface area contributed by atoms with E-state index >= 15 is 0 Å². The second kappa shape index (κ2) is 9.72. The molecule has 2 aromatic carbocycles. The van der Waals surface area contributed by atoms with Crippen molar-refractivity contribution < 1.29 is 26.8 Å². The Morgan fingerprint density at radius 1 is 0.969 bits per heavy atom. The Hall–Kier alpha value is -2.89. The topological polar surface area (TPSA) is 127 Å². The van der Waals surface area contributed by atoms with E-state index in [0.29, 0.717) is 18.7 Å². The summed E-state index contributed by atoms with van der Waals surface area (Å²) in [6, 6.07) is 8.44. The highest BCUT2D eigenvalue weighted by Crippen LogP contribution is 2.15. The van der Waals surface area contributed by atoms with Crippen LogP contribution in [-0.4, -0.2) is 62.3 Å². The number of benzene rings is 2. The van der Waals surface area contributed by atoms with Crippen molar-refractivity contribution in [1.29, 1.82) is 0 Å². The number of sulfonamides is 1. The largest absolute Gasteiger partial charge is 0.339 e. The lowest BCUT2D eigenvalue weighted by Crippen LogP contribution is -2.51. The van der Waals surface area contributed by atoms with Crippen LogP contribution in [0.15, 0.2) is 47.4 Å². The van der Waals surface area contributed by atoms with Crippen LogP contribution in [-0.2, 0) is 21.2 Å². The number of hydrogen-bond acceptors (Lipinski definition) is 5. The van der Waals surface area contributed by atoms with E-state index in [0.717, 1.165) is 12.1 Å². The molecule has 0 bridgehead atoms. The lowest BCUT2D eigenvalue weighted by atomic mass is 10.0. The third-order valence-corrected chi connectivity index (χ3v) is 6.16. The first-order chi connectivity index (χ1) is 15.0. The first-order valence-electron chi connectivity index (χ1n) is 9.94. The summed E-state index contributed by atoms with van der Waals surface area (Å²) in [4.78, 5) is 28.2. The fourth-order valence-corrected chi connectivity index (χ4v) is 4.10. The highest BCUT2D eigenvalue weighted by molar-refractivity contribution is 7.89. The van der Waals surface area contributed by atoms with Crippen LogP contribution < -0.4 is 10.9 Å². The molecule has 0 radical (unpaired) electrons. The monoisotopic (exact) mass is 466 g/mol. The zero-order valence-corrected chi connectivity index (χ0v) is 18.0. The lowest BCUT2D eigenvalue weighted by Gasteiger charge is -2.35. The van der Waals surface area contributed by atoms with Gasteiger partial charge in [0.05, 0.1) is 4.90 Å². The van der Waals surface area contributed by atoms with Gasteiger partial charge in [-0.3, -0.25) is 9.59 Å². The molecule has 32 heavy (non-hydrogen) atoms. The second-order valence-electron chi connectivity index (χ2n) is 7.66. The Morgan fingerprint density at radius 3 is 2.25 bits per heavy atom. The summed E-state index contributed by atoms with van der Waals surface area (Å²) in [5.74, 6) is -2.44. The van der Waals surface area contributed by atoms with Crippen molar-refractivity contribution >= 4 is 21.8 Å². The molecular weight excluding hydrogens is 442 g/mol. The standard InChI is InChI=1S/C21H24F2N4O4S/c22-18-5-4-14(11-19(18)23)10-16(24)13-20(28)26-6-8-27(9-7-26)21(29)15-2-1-3-17(12-15)32(25,30)31/h1-5,11-12,16H,6-10,13,24H2,(H2,25,30,31). The van der Waals surface area contributed by atoms with Gasteiger partial charge in [-0.25, -0.2) is 22.3 Å². The van der Waals surface area contributed by atoms with Gasteiger partial charge in [0.2, 0.25) is 15.9 Å². The number of rotatable bonds is 6. The van der Waals surface area contributed by atoms with Crippen molar-refractivity contribution in [1.82, 2.24) is 9.80 Å². The van der Waals surface area contributed by atoms with Gasteiger partial charge in [-0.15, -0.1) is 0 Å². The van der Waals surface area contributed by atoms with Crippen LogP contribution in [0.25, 0.3) is 0 Å². The molecule has 0 aromatic heterocycles. The van der Waals surface area contributed by atoms with E-state index in [1.165, 1.54) is 35.2 Å². The summed E-state index contributed by atoms with van der Waals surface area (Å²) in [6.07, 6.45) is 0.255. The zero-order valence-electron chi connectivity index (χ0n) is 17.2. The van der Waals surface area contributed by atoms with Gasteiger partial charge in [-0.05, 0) is 42.3 Å². The number of piperazine rings is 1. The smallest absolute Gasteiger partial charge is 0.254 e. The summed E-state index contributed by atoms with van der Waals surface area (Å²) in [5.41, 5.74) is 6.71. The molecule has 11 heteroatoms. The van der Waals surface area contributed by atoms with Crippen molar-refractivity contribution in [3.05, 3.63) is 65.2 Å². The molecule has 1 fully saturated rings. The summed E-state index contributed by atoms with van der Waals surface area (Å²) >= 11 is 0. The Labute approximate surface area is 184 Å². The molecular formula is C21H24F2N4O4S. The molecule has 172 valence electrons. The van der Waals surface area contributed by atoms with E-state index in [2.05, 4.69) is 0 Å². The fraction of sp³-hybridized carbons (Fsp3) is 0.333. The fourth-order valence-electron chi connectivity index (χ4n) is 3.54. The van der Waals surface area contributed by atoms with Crippen LogP contribution in [0, 0.1) is 11.6 Å². The van der Waals surface area contributed by atoms with Crippen molar-refractivity contribution in [2.45, 2.75) is 23.8 Å². The number of nitrogens with zero attached hydrogens (tertiary/aromatic N) is 2. The maximum absolute atomic E-state index is 13.3. The SMILES string of the molecule is NC(CC(=O)N1CCN(C(=O)c2cccc(S(N)(=O)=O)c2)CC1)Cc1ccc(F)c(F)c1. The van der Waals surface area contributed by atoms with Crippen LogP contribution >= 0.6 is 0 Å². The van der Waals surface area contributed by atoms with Gasteiger partial charge in [-0.1, -0.05) is 12.1 Å². The molecule has 1 unspecified atom stereocenters. The van der Waals surface area contributed by atoms with Crippen LogP contribution in [0.2, 0.25) is 0 Å². The minimum atomic E-state index is -3.92. The third-order valence-electron chi connectivity index (χ3n) is 5.25. The van der Waals surface area contributed by atoms with Crippen molar-refractivity contribution in [2.24, 2.45) is 10.9 Å². The van der Waals surface area contributed by atoms with E-state index < -0.39 is 27.7 Å². The third kappa shape index (κ3) is 5.87. The van der Waals surface area contributed by atoms with Gasteiger partial charge < -0.3 is 15.5 Å². The maximum Gasteiger partial charge on any atom is 0.254 e. The quantitative estimate of drug-likeness (QED) is 0.653. The van der Waals surface area contributed by atoms with Gasteiger partial charge in [0.1, 0.15) is 0 Å². The molecule has 0 saturated carbocycles. The molecule has 0 aliphatic carbocycles. The molecule has 1 heterocycles. The van der Waals surface area contributed by atoms with Crippen LogP contribution in [0.1, 0.15) is 22.3 Å². The molecule has 1 atom stereocenters. The van der Waals surface area contributed by atoms with Crippen LogP contribution in [0.4, 0.5) is 8.78 Å².